The molecule has 0 atom stereocenters. The summed E-state index contributed by atoms with van der Waals surface area (Å²) in [4.78, 5) is 16.4. The van der Waals surface area contributed by atoms with E-state index in [1.807, 2.05) is 34.9 Å². The molecule has 0 bridgehead atoms. The monoisotopic (exact) mass is 358 g/mol. The summed E-state index contributed by atoms with van der Waals surface area (Å²) in [6.45, 7) is 2.24. The summed E-state index contributed by atoms with van der Waals surface area (Å²) in [5.74, 6) is 1.02. The molecule has 1 amide bonds. The van der Waals surface area contributed by atoms with Gasteiger partial charge in [-0.1, -0.05) is 47.3 Å². The number of aliphatic hydroxyl groups is 1. The molecule has 0 unspecified atom stereocenters. The van der Waals surface area contributed by atoms with Crippen molar-refractivity contribution >= 4 is 23.5 Å². The average Bonchev–Trinajstić information content (AvgIpc) is 3.20. The highest BCUT2D eigenvalue weighted by Gasteiger charge is 2.12. The lowest BCUT2D eigenvalue weighted by atomic mass is 10.2. The van der Waals surface area contributed by atoms with E-state index in [9.17, 15) is 9.90 Å². The van der Waals surface area contributed by atoms with Gasteiger partial charge in [0, 0.05) is 18.8 Å². The smallest absolute Gasteiger partial charge is 0.236 e. The summed E-state index contributed by atoms with van der Waals surface area (Å²) >= 11 is 1.31. The van der Waals surface area contributed by atoms with Crippen molar-refractivity contribution in [3.8, 4) is 0 Å². The first kappa shape index (κ1) is 17.2. The molecule has 7 nitrogen and oxygen atoms in total. The van der Waals surface area contributed by atoms with Gasteiger partial charge in [0.2, 0.25) is 5.91 Å². The summed E-state index contributed by atoms with van der Waals surface area (Å²) in [6.07, 6.45) is 1.80. The van der Waals surface area contributed by atoms with Gasteiger partial charge in [-0.3, -0.25) is 4.79 Å². The number of aryl methyl sites for hydroxylation is 1. The number of hydrogen-bond donors (Lipinski definition) is 2. The molecule has 0 aliphatic rings. The first-order valence-corrected chi connectivity index (χ1v) is 8.69. The fraction of sp³-hybridized carbons (Fsp3) is 0.235. The lowest BCUT2D eigenvalue weighted by Gasteiger charge is -2.07. The second-order valence-electron chi connectivity index (χ2n) is 5.45. The van der Waals surface area contributed by atoms with Crippen LogP contribution in [0.4, 0.5) is 5.82 Å². The number of nitrogens with one attached hydrogen (secondary N) is 1. The number of amides is 1. The minimum atomic E-state index is -0.196. The van der Waals surface area contributed by atoms with Gasteiger partial charge in [-0.05, 0) is 12.5 Å². The lowest BCUT2D eigenvalue weighted by Crippen LogP contribution is -2.14. The van der Waals surface area contributed by atoms with E-state index in [1.54, 1.807) is 19.2 Å². The van der Waals surface area contributed by atoms with Crippen molar-refractivity contribution in [1.29, 1.82) is 0 Å². The zero-order valence-electron chi connectivity index (χ0n) is 13.7. The third kappa shape index (κ3) is 4.71. The van der Waals surface area contributed by atoms with Crippen molar-refractivity contribution < 1.29 is 14.4 Å². The van der Waals surface area contributed by atoms with Gasteiger partial charge in [-0.2, -0.15) is 0 Å². The third-order valence-corrected chi connectivity index (χ3v) is 4.37. The summed E-state index contributed by atoms with van der Waals surface area (Å²) in [5.41, 5.74) is 1.69. The number of hydrogen-bond acceptors (Lipinski definition) is 6. The fourth-order valence-corrected chi connectivity index (χ4v) is 3.07. The molecule has 25 heavy (non-hydrogen) atoms. The minimum Gasteiger partial charge on any atom is -0.390 e. The van der Waals surface area contributed by atoms with Gasteiger partial charge >= 0.3 is 0 Å². The molecule has 0 fully saturated rings. The van der Waals surface area contributed by atoms with Crippen molar-refractivity contribution in [3.63, 3.8) is 0 Å². The van der Waals surface area contributed by atoms with Crippen molar-refractivity contribution in [3.05, 3.63) is 59.6 Å². The predicted molar refractivity (Wildman–Crippen MR) is 94.3 cm³/mol. The molecule has 0 radical (unpaired) electrons. The van der Waals surface area contributed by atoms with Gasteiger partial charge in [-0.15, -0.1) is 0 Å². The molecule has 0 saturated carbocycles. The van der Waals surface area contributed by atoms with Gasteiger partial charge in [0.1, 0.15) is 5.76 Å². The van der Waals surface area contributed by atoms with Crippen LogP contribution in [0.3, 0.4) is 0 Å². The Kier molecular flexibility index (Phi) is 5.52. The highest BCUT2D eigenvalue weighted by atomic mass is 32.2. The molecule has 0 aliphatic heterocycles. The van der Waals surface area contributed by atoms with Crippen LogP contribution in [-0.2, 0) is 17.9 Å². The second kappa shape index (κ2) is 8.00. The molecular formula is C17H18N4O3S. The zero-order chi connectivity index (χ0) is 17.6. The Morgan fingerprint density at radius 1 is 1.36 bits per heavy atom. The summed E-state index contributed by atoms with van der Waals surface area (Å²) in [7, 11) is 0. The molecule has 2 heterocycles. The Labute approximate surface area is 149 Å². The number of rotatable bonds is 7. The van der Waals surface area contributed by atoms with E-state index in [2.05, 4.69) is 15.5 Å². The molecular weight excluding hydrogens is 340 g/mol. The topological polar surface area (TPSA) is 93.2 Å². The Hall–Kier alpha value is -2.58. The van der Waals surface area contributed by atoms with Crippen LogP contribution in [0.5, 0.6) is 0 Å². The number of nitrogens with zero attached hydrogens (tertiary/aromatic N) is 3. The van der Waals surface area contributed by atoms with Gasteiger partial charge in [0.05, 0.1) is 18.1 Å². The standard InChI is InChI=1S/C17H18N4O3S/c1-12-7-15(20-24-12)19-16(23)11-25-17-18-14(10-22)9-21(17)8-13-5-3-2-4-6-13/h2-7,9,22H,8,10-11H2,1H3,(H,19,20,23). The number of aliphatic hydroxyl groups excluding tert-OH is 1. The van der Waals surface area contributed by atoms with E-state index in [1.165, 1.54) is 11.8 Å². The fourth-order valence-electron chi connectivity index (χ4n) is 2.27. The summed E-state index contributed by atoms with van der Waals surface area (Å²) in [6, 6.07) is 11.6. The lowest BCUT2D eigenvalue weighted by molar-refractivity contribution is -0.113. The van der Waals surface area contributed by atoms with E-state index >= 15 is 0 Å². The Bertz CT molecular complexity index is 845. The highest BCUT2D eigenvalue weighted by molar-refractivity contribution is 7.99. The second-order valence-corrected chi connectivity index (χ2v) is 6.39. The van der Waals surface area contributed by atoms with E-state index in [0.717, 1.165) is 5.56 Å². The molecule has 3 rings (SSSR count). The number of benzene rings is 1. The van der Waals surface area contributed by atoms with Gasteiger partial charge < -0.3 is 19.5 Å². The molecule has 1 aromatic carbocycles. The largest absolute Gasteiger partial charge is 0.390 e. The third-order valence-electron chi connectivity index (χ3n) is 3.38. The molecule has 0 saturated heterocycles. The normalized spacial score (nSPS) is 10.8. The van der Waals surface area contributed by atoms with Crippen LogP contribution >= 0.6 is 11.8 Å². The first-order valence-electron chi connectivity index (χ1n) is 7.71. The van der Waals surface area contributed by atoms with Crippen LogP contribution in [0, 0.1) is 6.92 Å². The number of imidazole rings is 1. The average molecular weight is 358 g/mol. The molecule has 130 valence electrons. The van der Waals surface area contributed by atoms with Crippen LogP contribution in [-0.4, -0.2) is 31.5 Å². The van der Waals surface area contributed by atoms with Crippen LogP contribution in [0.15, 0.2) is 52.3 Å². The van der Waals surface area contributed by atoms with Crippen molar-refractivity contribution in [1.82, 2.24) is 14.7 Å². The van der Waals surface area contributed by atoms with E-state index in [4.69, 9.17) is 4.52 Å². The Balaban J connectivity index is 1.64. The maximum Gasteiger partial charge on any atom is 0.236 e. The number of anilines is 1. The van der Waals surface area contributed by atoms with Gasteiger partial charge in [0.15, 0.2) is 11.0 Å². The predicted octanol–water partition coefficient (Wildman–Crippen LogP) is 2.45. The van der Waals surface area contributed by atoms with Crippen LogP contribution in [0.1, 0.15) is 17.0 Å². The summed E-state index contributed by atoms with van der Waals surface area (Å²) < 4.78 is 6.85. The zero-order valence-corrected chi connectivity index (χ0v) is 14.5. The SMILES string of the molecule is Cc1cc(NC(=O)CSc2nc(CO)cn2Cc2ccccc2)no1. The van der Waals surface area contributed by atoms with Crippen molar-refractivity contribution in [2.24, 2.45) is 0 Å². The minimum absolute atomic E-state index is 0.139. The van der Waals surface area contributed by atoms with E-state index < -0.39 is 0 Å². The van der Waals surface area contributed by atoms with Crippen LogP contribution in [0.25, 0.3) is 0 Å². The highest BCUT2D eigenvalue weighted by Crippen LogP contribution is 2.20. The quantitative estimate of drug-likeness (QED) is 0.630. The molecule has 3 aromatic rings. The molecule has 2 aromatic heterocycles. The van der Waals surface area contributed by atoms with E-state index in [-0.39, 0.29) is 18.3 Å². The van der Waals surface area contributed by atoms with Crippen molar-refractivity contribution in [2.75, 3.05) is 11.1 Å². The van der Waals surface area contributed by atoms with Crippen LogP contribution < -0.4 is 5.32 Å². The van der Waals surface area contributed by atoms with Crippen molar-refractivity contribution in [2.45, 2.75) is 25.2 Å². The van der Waals surface area contributed by atoms with E-state index in [0.29, 0.717) is 29.0 Å². The number of aromatic nitrogens is 3. The van der Waals surface area contributed by atoms with Gasteiger partial charge in [-0.25, -0.2) is 4.98 Å². The maximum atomic E-state index is 12.0. The van der Waals surface area contributed by atoms with Gasteiger partial charge in [0.25, 0.3) is 0 Å². The number of carbonyl (C=O) groups is 1. The number of thioether (sulfide) groups is 1. The summed E-state index contributed by atoms with van der Waals surface area (Å²) in [5, 5.41) is 16.4. The Morgan fingerprint density at radius 2 is 2.16 bits per heavy atom. The maximum absolute atomic E-state index is 12.0. The molecule has 0 spiro atoms. The molecule has 8 heteroatoms. The van der Waals surface area contributed by atoms with Crippen LogP contribution in [0.2, 0.25) is 0 Å². The molecule has 2 N–H and O–H groups in total. The number of carbonyl (C=O) groups excluding carboxylic acids is 1. The molecule has 0 aliphatic carbocycles. The Morgan fingerprint density at radius 3 is 2.84 bits per heavy atom. The first-order chi connectivity index (χ1) is 12.1.